The lowest BCUT2D eigenvalue weighted by molar-refractivity contribution is -0.143. The van der Waals surface area contributed by atoms with Crippen LogP contribution in [0.15, 0.2) is 28.0 Å². The average Bonchev–Trinajstić information content (AvgIpc) is 2.13. The molecule has 0 amide bonds. The molecule has 0 aliphatic rings. The average molecular weight is 278 g/mol. The summed E-state index contributed by atoms with van der Waals surface area (Å²) in [7, 11) is 0. The molecule has 0 unspecified atom stereocenters. The maximum atomic E-state index is 10.9. The highest BCUT2D eigenvalue weighted by Gasteiger charge is 2.10. The Kier molecular flexibility index (Phi) is 4.03. The van der Waals surface area contributed by atoms with Gasteiger partial charge in [0.2, 0.25) is 0 Å². The zero-order valence-corrected chi connectivity index (χ0v) is 9.21. The summed E-state index contributed by atoms with van der Waals surface area (Å²) in [5.74, 6) is -0.719. The molecule has 0 aliphatic carbocycles. The van der Waals surface area contributed by atoms with Gasteiger partial charge < -0.3 is 0 Å². The summed E-state index contributed by atoms with van der Waals surface area (Å²) in [4.78, 5) is 24.4. The van der Waals surface area contributed by atoms with E-state index in [1.54, 1.807) is 18.2 Å². The molecule has 0 N–H and O–H groups in total. The second-order valence-electron chi connectivity index (χ2n) is 2.43. The van der Waals surface area contributed by atoms with Crippen LogP contribution in [0.3, 0.4) is 0 Å². The predicted molar refractivity (Wildman–Crippen MR) is 54.7 cm³/mol. The topological polar surface area (TPSA) is 55.7 Å². The Morgan fingerprint density at radius 3 is 2.93 bits per heavy atom. The van der Waals surface area contributed by atoms with Gasteiger partial charge in [-0.1, -0.05) is 23.7 Å². The van der Waals surface area contributed by atoms with E-state index in [-0.39, 0.29) is 6.42 Å². The molecule has 0 radical (unpaired) electrons. The second-order valence-corrected chi connectivity index (χ2v) is 3.63. The fourth-order valence-corrected chi connectivity index (χ4v) is 1.51. The smallest absolute Gasteiger partial charge is 0.284 e. The van der Waals surface area contributed by atoms with Crippen LogP contribution in [-0.2, 0) is 16.1 Å². The highest BCUT2D eigenvalue weighted by molar-refractivity contribution is 9.10. The zero-order valence-electron chi connectivity index (χ0n) is 6.87. The number of carbonyl (C=O) groups excluding carboxylic acids is 1. The molecule has 1 rings (SSSR count). The van der Waals surface area contributed by atoms with Crippen molar-refractivity contribution in [1.82, 2.24) is 0 Å². The maximum absolute atomic E-state index is 10.9. The van der Waals surface area contributed by atoms with Crippen LogP contribution in [0.2, 0.25) is 5.02 Å². The Morgan fingerprint density at radius 2 is 2.29 bits per heavy atom. The fourth-order valence-electron chi connectivity index (χ4n) is 0.914. The van der Waals surface area contributed by atoms with Crippen LogP contribution < -0.4 is 0 Å². The van der Waals surface area contributed by atoms with Crippen molar-refractivity contribution < 1.29 is 9.63 Å². The number of hydrogen-bond acceptors (Lipinski definition) is 4. The summed E-state index contributed by atoms with van der Waals surface area (Å²) < 4.78 is 0.615. The van der Waals surface area contributed by atoms with Crippen molar-refractivity contribution in [2.24, 2.45) is 5.34 Å². The number of rotatable bonds is 3. The van der Waals surface area contributed by atoms with Gasteiger partial charge in [0.15, 0.2) is 5.34 Å². The fraction of sp³-hybridized carbons (Fsp3) is 0.125. The van der Waals surface area contributed by atoms with Crippen molar-refractivity contribution in [3.63, 3.8) is 0 Å². The third-order valence-electron chi connectivity index (χ3n) is 1.51. The molecule has 14 heavy (non-hydrogen) atoms. The summed E-state index contributed by atoms with van der Waals surface area (Å²) >= 11 is 9.00. The second kappa shape index (κ2) is 5.07. The van der Waals surface area contributed by atoms with E-state index in [1.807, 2.05) is 5.34 Å². The van der Waals surface area contributed by atoms with Crippen molar-refractivity contribution in [2.45, 2.75) is 6.42 Å². The lowest BCUT2D eigenvalue weighted by Crippen LogP contribution is -2.04. The van der Waals surface area contributed by atoms with Crippen LogP contribution >= 0.6 is 27.5 Å². The molecule has 0 aliphatic heterocycles. The number of hydrogen-bond donors (Lipinski definition) is 0. The molecule has 0 fully saturated rings. The molecule has 74 valence electrons. The summed E-state index contributed by atoms with van der Waals surface area (Å²) in [6.07, 6.45) is -0.0487. The van der Waals surface area contributed by atoms with E-state index in [4.69, 9.17) is 11.6 Å². The van der Waals surface area contributed by atoms with Crippen molar-refractivity contribution in [3.8, 4) is 0 Å². The highest BCUT2D eigenvalue weighted by Crippen LogP contribution is 2.26. The minimum atomic E-state index is -0.719. The lowest BCUT2D eigenvalue weighted by Gasteiger charge is -2.02. The van der Waals surface area contributed by atoms with Crippen LogP contribution in [-0.4, -0.2) is 5.97 Å². The van der Waals surface area contributed by atoms with Gasteiger partial charge in [0.25, 0.3) is 0 Å². The molecule has 0 saturated carbocycles. The third-order valence-corrected chi connectivity index (χ3v) is 2.99. The van der Waals surface area contributed by atoms with Gasteiger partial charge in [0, 0.05) is 4.47 Å². The standard InChI is InChI=1S/C8H5BrClNO3/c9-8-5(2-1-3-6(8)10)4-7(12)14-11-13/h1-3H,4H2. The van der Waals surface area contributed by atoms with Crippen molar-refractivity contribution in [2.75, 3.05) is 0 Å². The molecular weight excluding hydrogens is 273 g/mol. The molecule has 0 atom stereocenters. The van der Waals surface area contributed by atoms with Crippen LogP contribution in [0, 0.1) is 4.91 Å². The van der Waals surface area contributed by atoms with E-state index >= 15 is 0 Å². The highest BCUT2D eigenvalue weighted by atomic mass is 79.9. The van der Waals surface area contributed by atoms with Gasteiger partial charge in [-0.15, -0.1) is 4.91 Å². The molecule has 0 aromatic heterocycles. The molecule has 4 nitrogen and oxygen atoms in total. The number of carbonyl (C=O) groups is 1. The van der Waals surface area contributed by atoms with Crippen LogP contribution in [0.4, 0.5) is 0 Å². The summed E-state index contributed by atoms with van der Waals surface area (Å²) in [5.41, 5.74) is 0.645. The first kappa shape index (κ1) is 11.1. The van der Waals surface area contributed by atoms with Gasteiger partial charge in [-0.2, -0.15) is 0 Å². The van der Waals surface area contributed by atoms with E-state index in [0.717, 1.165) is 0 Å². The van der Waals surface area contributed by atoms with E-state index in [2.05, 4.69) is 20.8 Å². The van der Waals surface area contributed by atoms with Crippen LogP contribution in [0.5, 0.6) is 0 Å². The van der Waals surface area contributed by atoms with Gasteiger partial charge in [-0.3, -0.25) is 4.84 Å². The SMILES string of the molecule is O=NOC(=O)Cc1cccc(Cl)c1Br. The first-order valence-electron chi connectivity index (χ1n) is 3.60. The Labute approximate surface area is 93.3 Å². The van der Waals surface area contributed by atoms with Gasteiger partial charge >= 0.3 is 5.97 Å². The Balaban J connectivity index is 2.81. The first-order chi connectivity index (χ1) is 6.65. The summed E-state index contributed by atoms with van der Waals surface area (Å²) in [6.45, 7) is 0. The van der Waals surface area contributed by atoms with E-state index in [0.29, 0.717) is 15.1 Å². The van der Waals surface area contributed by atoms with Crippen LogP contribution in [0.25, 0.3) is 0 Å². The Hall–Kier alpha value is -0.940. The minimum Gasteiger partial charge on any atom is -0.284 e. The first-order valence-corrected chi connectivity index (χ1v) is 4.77. The van der Waals surface area contributed by atoms with Crippen molar-refractivity contribution in [1.29, 1.82) is 0 Å². The van der Waals surface area contributed by atoms with Gasteiger partial charge in [-0.05, 0) is 27.6 Å². The summed E-state index contributed by atoms with van der Waals surface area (Å²) in [6, 6.07) is 5.07. The number of halogens is 2. The van der Waals surface area contributed by atoms with Crippen molar-refractivity contribution in [3.05, 3.63) is 38.2 Å². The quantitative estimate of drug-likeness (QED) is 0.631. The monoisotopic (exact) mass is 277 g/mol. The largest absolute Gasteiger partial charge is 0.342 e. The Bertz CT molecular complexity index is 370. The molecule has 0 heterocycles. The maximum Gasteiger partial charge on any atom is 0.342 e. The molecule has 1 aromatic rings. The van der Waals surface area contributed by atoms with Crippen LogP contribution in [0.1, 0.15) is 5.56 Å². The molecule has 0 saturated heterocycles. The minimum absolute atomic E-state index is 0.0487. The van der Waals surface area contributed by atoms with Gasteiger partial charge in [0.05, 0.1) is 11.4 Å². The lowest BCUT2D eigenvalue weighted by atomic mass is 10.1. The van der Waals surface area contributed by atoms with Crippen molar-refractivity contribution >= 4 is 33.5 Å². The van der Waals surface area contributed by atoms with Gasteiger partial charge in [0.1, 0.15) is 0 Å². The van der Waals surface area contributed by atoms with E-state index in [9.17, 15) is 9.70 Å². The van der Waals surface area contributed by atoms with Gasteiger partial charge in [-0.25, -0.2) is 4.79 Å². The van der Waals surface area contributed by atoms with E-state index in [1.165, 1.54) is 0 Å². The molecule has 6 heteroatoms. The predicted octanol–water partition coefficient (Wildman–Crippen LogP) is 2.87. The Morgan fingerprint density at radius 1 is 1.57 bits per heavy atom. The normalized spacial score (nSPS) is 9.57. The summed E-state index contributed by atoms with van der Waals surface area (Å²) in [5, 5.41) is 2.53. The number of benzene rings is 1. The molecule has 0 spiro atoms. The zero-order chi connectivity index (χ0) is 10.6. The number of nitrogens with zero attached hydrogens (tertiary/aromatic N) is 1. The molecule has 0 bridgehead atoms. The van der Waals surface area contributed by atoms with E-state index < -0.39 is 5.97 Å². The molecule has 1 aromatic carbocycles. The molecular formula is C8H5BrClNO3. The third kappa shape index (κ3) is 2.78.